The van der Waals surface area contributed by atoms with Crippen LogP contribution in [0.4, 0.5) is 24.5 Å². The topological polar surface area (TPSA) is 160 Å². The molecule has 1 heterocycles. The standard InChI is InChI=1S/C22H26N4O5S.C2HF3O2/c1-2-31-18-5-7-19(8-6-18)32(29,30)24-21-9-4-17(16-20(21)22(27)28)26-14-12-25(13-15-26)11-3-10-23;3-2(4,5)1(6)7/h4-9,16,24H,2-3,11-15H2,1H3,(H,27,28);(H,6,7). The van der Waals surface area contributed by atoms with E-state index in [1.807, 2.05) is 6.92 Å². The van der Waals surface area contributed by atoms with E-state index >= 15 is 0 Å². The first-order valence-corrected chi connectivity index (χ1v) is 13.0. The summed E-state index contributed by atoms with van der Waals surface area (Å²) < 4.78 is 65.0. The third kappa shape index (κ3) is 9.34. The Morgan fingerprint density at radius 1 is 1.08 bits per heavy atom. The van der Waals surface area contributed by atoms with E-state index < -0.39 is 28.1 Å². The highest BCUT2D eigenvalue weighted by Crippen LogP contribution is 2.27. The van der Waals surface area contributed by atoms with Gasteiger partial charge >= 0.3 is 18.1 Å². The van der Waals surface area contributed by atoms with Crippen LogP contribution in [0.2, 0.25) is 0 Å². The van der Waals surface area contributed by atoms with Crippen molar-refractivity contribution >= 4 is 33.3 Å². The van der Waals surface area contributed by atoms with Crippen molar-refractivity contribution in [2.45, 2.75) is 24.4 Å². The Hall–Kier alpha value is -4.03. The first-order chi connectivity index (χ1) is 18.3. The van der Waals surface area contributed by atoms with Gasteiger partial charge < -0.3 is 19.8 Å². The molecule has 0 amide bonds. The molecule has 2 aromatic rings. The van der Waals surface area contributed by atoms with Crippen molar-refractivity contribution in [3.63, 3.8) is 0 Å². The number of halogens is 3. The Labute approximate surface area is 223 Å². The second-order valence-corrected chi connectivity index (χ2v) is 9.77. The number of carboxylic acids is 2. The van der Waals surface area contributed by atoms with Crippen molar-refractivity contribution in [1.29, 1.82) is 5.26 Å². The Kier molecular flexibility index (Phi) is 10.9. The average Bonchev–Trinajstić information content (AvgIpc) is 2.88. The number of rotatable bonds is 9. The summed E-state index contributed by atoms with van der Waals surface area (Å²) in [5.41, 5.74) is 0.595. The zero-order valence-corrected chi connectivity index (χ0v) is 21.6. The molecule has 3 N–H and O–H groups in total. The molecule has 1 aliphatic rings. The SMILES string of the molecule is CCOc1ccc(S(=O)(=O)Nc2ccc(N3CCN(CCC#N)CC3)cc2C(=O)O)cc1.O=C(O)C(F)(F)F. The van der Waals surface area contributed by atoms with Gasteiger partial charge in [0.1, 0.15) is 5.75 Å². The highest BCUT2D eigenvalue weighted by molar-refractivity contribution is 7.92. The minimum atomic E-state index is -5.08. The van der Waals surface area contributed by atoms with Crippen molar-refractivity contribution in [2.75, 3.05) is 49.0 Å². The summed E-state index contributed by atoms with van der Waals surface area (Å²) in [4.78, 5) is 25.0. The Balaban J connectivity index is 0.000000673. The number of aliphatic carboxylic acids is 1. The zero-order valence-electron chi connectivity index (χ0n) is 20.8. The van der Waals surface area contributed by atoms with E-state index in [1.165, 1.54) is 24.3 Å². The number of hydrogen-bond donors (Lipinski definition) is 3. The minimum Gasteiger partial charge on any atom is -0.494 e. The largest absolute Gasteiger partial charge is 0.494 e. The molecule has 0 aromatic heterocycles. The molecule has 0 atom stereocenters. The van der Waals surface area contributed by atoms with Gasteiger partial charge in [-0.3, -0.25) is 9.62 Å². The summed E-state index contributed by atoms with van der Waals surface area (Å²) in [6.07, 6.45) is -4.60. The zero-order chi connectivity index (χ0) is 29.2. The van der Waals surface area contributed by atoms with Crippen LogP contribution in [0.25, 0.3) is 0 Å². The number of carboxylic acid groups (broad SMARTS) is 2. The lowest BCUT2D eigenvalue weighted by Gasteiger charge is -2.36. The van der Waals surface area contributed by atoms with Crippen LogP contribution in [0.15, 0.2) is 47.4 Å². The van der Waals surface area contributed by atoms with E-state index in [4.69, 9.17) is 19.9 Å². The quantitative estimate of drug-likeness (QED) is 0.407. The van der Waals surface area contributed by atoms with Gasteiger partial charge in [-0.1, -0.05) is 0 Å². The Morgan fingerprint density at radius 2 is 1.67 bits per heavy atom. The van der Waals surface area contributed by atoms with Gasteiger partial charge in [0.2, 0.25) is 0 Å². The first kappa shape index (κ1) is 31.2. The molecule has 212 valence electrons. The van der Waals surface area contributed by atoms with E-state index in [9.17, 15) is 31.5 Å². The Bertz CT molecular complexity index is 1290. The van der Waals surface area contributed by atoms with Gasteiger partial charge in [-0.15, -0.1) is 0 Å². The molecule has 2 aromatic carbocycles. The lowest BCUT2D eigenvalue weighted by Crippen LogP contribution is -2.46. The number of piperazine rings is 1. The van der Waals surface area contributed by atoms with Crippen LogP contribution >= 0.6 is 0 Å². The number of nitriles is 1. The molecule has 1 fully saturated rings. The van der Waals surface area contributed by atoms with Crippen LogP contribution in [0, 0.1) is 11.3 Å². The minimum absolute atomic E-state index is 0.00258. The monoisotopic (exact) mass is 572 g/mol. The smallest absolute Gasteiger partial charge is 0.490 e. The van der Waals surface area contributed by atoms with Gasteiger partial charge in [0.25, 0.3) is 10.0 Å². The predicted octanol–water partition coefficient (Wildman–Crippen LogP) is 3.25. The molecule has 1 aliphatic heterocycles. The second kappa shape index (κ2) is 13.7. The summed E-state index contributed by atoms with van der Waals surface area (Å²) in [7, 11) is -3.97. The van der Waals surface area contributed by atoms with E-state index in [-0.39, 0.29) is 16.1 Å². The molecule has 0 aliphatic carbocycles. The molecule has 0 radical (unpaired) electrons. The summed E-state index contributed by atoms with van der Waals surface area (Å²) in [5, 5.41) is 25.5. The van der Waals surface area contributed by atoms with Crippen molar-refractivity contribution in [3.8, 4) is 11.8 Å². The molecule has 15 heteroatoms. The number of hydrogen-bond acceptors (Lipinski definition) is 8. The average molecular weight is 573 g/mol. The number of ether oxygens (including phenoxy) is 1. The third-order valence-electron chi connectivity index (χ3n) is 5.44. The molecular weight excluding hydrogens is 545 g/mol. The number of anilines is 2. The van der Waals surface area contributed by atoms with Gasteiger partial charge in [0.05, 0.1) is 28.8 Å². The van der Waals surface area contributed by atoms with Crippen LogP contribution in [0.3, 0.4) is 0 Å². The number of nitrogens with zero attached hydrogens (tertiary/aromatic N) is 3. The lowest BCUT2D eigenvalue weighted by atomic mass is 10.1. The van der Waals surface area contributed by atoms with Crippen LogP contribution in [-0.4, -0.2) is 81.0 Å². The van der Waals surface area contributed by atoms with Crippen LogP contribution in [0.1, 0.15) is 23.7 Å². The number of aromatic carboxylic acids is 1. The maximum absolute atomic E-state index is 12.8. The number of nitrogens with one attached hydrogen (secondary N) is 1. The predicted molar refractivity (Wildman–Crippen MR) is 134 cm³/mol. The normalized spacial score (nSPS) is 14.0. The maximum Gasteiger partial charge on any atom is 0.490 e. The van der Waals surface area contributed by atoms with E-state index in [1.54, 1.807) is 18.2 Å². The highest BCUT2D eigenvalue weighted by atomic mass is 32.2. The second-order valence-electron chi connectivity index (χ2n) is 8.08. The van der Waals surface area contributed by atoms with E-state index in [0.29, 0.717) is 37.6 Å². The van der Waals surface area contributed by atoms with Crippen molar-refractivity contribution in [1.82, 2.24) is 4.90 Å². The summed E-state index contributed by atoms with van der Waals surface area (Å²) in [6, 6.07) is 12.7. The molecule has 0 spiro atoms. The highest BCUT2D eigenvalue weighted by Gasteiger charge is 2.38. The van der Waals surface area contributed by atoms with Crippen LogP contribution < -0.4 is 14.4 Å². The van der Waals surface area contributed by atoms with Gasteiger partial charge in [-0.2, -0.15) is 18.4 Å². The number of sulfonamides is 1. The van der Waals surface area contributed by atoms with E-state index in [0.717, 1.165) is 19.6 Å². The number of alkyl halides is 3. The molecular formula is C24H27F3N4O7S. The molecule has 39 heavy (non-hydrogen) atoms. The molecule has 1 saturated heterocycles. The Morgan fingerprint density at radius 3 is 2.15 bits per heavy atom. The fraction of sp³-hybridized carbons (Fsp3) is 0.375. The van der Waals surface area contributed by atoms with Crippen molar-refractivity contribution in [2.24, 2.45) is 0 Å². The molecule has 0 bridgehead atoms. The fourth-order valence-corrected chi connectivity index (χ4v) is 4.60. The van der Waals surface area contributed by atoms with Gasteiger partial charge in [-0.05, 0) is 49.4 Å². The molecule has 0 unspecified atom stereocenters. The number of carbonyl (C=O) groups is 2. The van der Waals surface area contributed by atoms with Crippen LogP contribution in [-0.2, 0) is 14.8 Å². The van der Waals surface area contributed by atoms with Crippen molar-refractivity contribution < 1.29 is 46.1 Å². The number of benzene rings is 2. The van der Waals surface area contributed by atoms with Crippen molar-refractivity contribution in [3.05, 3.63) is 48.0 Å². The maximum atomic E-state index is 12.8. The fourth-order valence-electron chi connectivity index (χ4n) is 3.52. The van der Waals surface area contributed by atoms with Gasteiger partial charge in [0.15, 0.2) is 0 Å². The van der Waals surface area contributed by atoms with Gasteiger partial charge in [0, 0.05) is 44.8 Å². The summed E-state index contributed by atoms with van der Waals surface area (Å²) >= 11 is 0. The van der Waals surface area contributed by atoms with Gasteiger partial charge in [-0.25, -0.2) is 18.0 Å². The third-order valence-corrected chi connectivity index (χ3v) is 6.82. The molecule has 11 nitrogen and oxygen atoms in total. The first-order valence-electron chi connectivity index (χ1n) is 11.6. The lowest BCUT2D eigenvalue weighted by molar-refractivity contribution is -0.192. The van der Waals surface area contributed by atoms with E-state index in [2.05, 4.69) is 20.6 Å². The molecule has 3 rings (SSSR count). The summed E-state index contributed by atoms with van der Waals surface area (Å²) in [6.45, 7) is 5.96. The molecule has 0 saturated carbocycles. The van der Waals surface area contributed by atoms with Crippen LogP contribution in [0.5, 0.6) is 5.75 Å². The summed E-state index contributed by atoms with van der Waals surface area (Å²) in [5.74, 6) is -3.42.